The molecule has 3 rings (SSSR count). The van der Waals surface area contributed by atoms with Crippen molar-refractivity contribution in [2.24, 2.45) is 0 Å². The molecule has 24 heavy (non-hydrogen) atoms. The molecule has 1 aliphatic rings. The minimum absolute atomic E-state index is 0.127. The molecular formula is C20H20ClNO2. The summed E-state index contributed by atoms with van der Waals surface area (Å²) in [6.07, 6.45) is 2.98. The van der Waals surface area contributed by atoms with Crippen LogP contribution in [-0.2, 0) is 4.79 Å². The van der Waals surface area contributed by atoms with Crippen LogP contribution in [0.15, 0.2) is 60.3 Å². The Hall–Kier alpha value is -2.26. The van der Waals surface area contributed by atoms with E-state index in [1.54, 1.807) is 6.08 Å². The number of benzene rings is 2. The van der Waals surface area contributed by atoms with E-state index in [1.165, 1.54) is 0 Å². The largest absolute Gasteiger partial charge is 0.492 e. The van der Waals surface area contributed by atoms with Crippen LogP contribution in [0.2, 0.25) is 5.02 Å². The number of carbonyl (C=O) groups excluding carboxylic acids is 1. The van der Waals surface area contributed by atoms with Gasteiger partial charge in [0.15, 0.2) is 5.78 Å². The van der Waals surface area contributed by atoms with Crippen molar-refractivity contribution >= 4 is 23.1 Å². The van der Waals surface area contributed by atoms with Gasteiger partial charge in [0.25, 0.3) is 0 Å². The molecule has 0 fully saturated rings. The zero-order chi connectivity index (χ0) is 16.9. The average molecular weight is 342 g/mol. The fraction of sp³-hybridized carbons (Fsp3) is 0.250. The summed E-state index contributed by atoms with van der Waals surface area (Å²) >= 11 is 6.09. The van der Waals surface area contributed by atoms with E-state index in [2.05, 4.69) is 5.32 Å². The molecule has 0 aromatic heterocycles. The number of ketones is 1. The first-order valence-corrected chi connectivity index (χ1v) is 8.51. The lowest BCUT2D eigenvalue weighted by Crippen LogP contribution is -2.17. The molecular weight excluding hydrogens is 322 g/mol. The third-order valence-electron chi connectivity index (χ3n) is 4.05. The van der Waals surface area contributed by atoms with Gasteiger partial charge in [-0.1, -0.05) is 35.9 Å². The van der Waals surface area contributed by atoms with Crippen LogP contribution in [0.25, 0.3) is 0 Å². The molecule has 0 unspecified atom stereocenters. The molecule has 3 nitrogen and oxygen atoms in total. The smallest absolute Gasteiger partial charge is 0.158 e. The highest BCUT2D eigenvalue weighted by molar-refractivity contribution is 6.30. The summed E-state index contributed by atoms with van der Waals surface area (Å²) in [5.41, 5.74) is 2.88. The molecule has 0 aliphatic heterocycles. The van der Waals surface area contributed by atoms with Crippen LogP contribution in [0.3, 0.4) is 0 Å². The molecule has 1 atom stereocenters. The monoisotopic (exact) mass is 341 g/mol. The number of hydrogen-bond acceptors (Lipinski definition) is 3. The van der Waals surface area contributed by atoms with Gasteiger partial charge >= 0.3 is 0 Å². The second-order valence-electron chi connectivity index (χ2n) is 5.85. The molecule has 2 aromatic carbocycles. The fourth-order valence-electron chi connectivity index (χ4n) is 3.00. The number of para-hydroxylation sites is 2. The lowest BCUT2D eigenvalue weighted by molar-refractivity contribution is -0.115. The third kappa shape index (κ3) is 3.98. The Morgan fingerprint density at radius 2 is 2.00 bits per heavy atom. The summed E-state index contributed by atoms with van der Waals surface area (Å²) < 4.78 is 5.64. The number of halogens is 1. The van der Waals surface area contributed by atoms with Crippen molar-refractivity contribution in [3.63, 3.8) is 0 Å². The first-order valence-electron chi connectivity index (χ1n) is 8.13. The number of rotatable bonds is 5. The molecule has 0 heterocycles. The molecule has 2 aromatic rings. The van der Waals surface area contributed by atoms with Crippen molar-refractivity contribution in [1.82, 2.24) is 0 Å². The number of anilines is 1. The van der Waals surface area contributed by atoms with Crippen LogP contribution < -0.4 is 10.1 Å². The third-order valence-corrected chi connectivity index (χ3v) is 4.29. The van der Waals surface area contributed by atoms with Gasteiger partial charge in [0.05, 0.1) is 12.3 Å². The minimum Gasteiger partial charge on any atom is -0.492 e. The van der Waals surface area contributed by atoms with Gasteiger partial charge in [0.2, 0.25) is 0 Å². The van der Waals surface area contributed by atoms with Gasteiger partial charge in [-0.3, -0.25) is 4.79 Å². The van der Waals surface area contributed by atoms with E-state index >= 15 is 0 Å². The van der Waals surface area contributed by atoms with Gasteiger partial charge in [-0.05, 0) is 49.1 Å². The van der Waals surface area contributed by atoms with Gasteiger partial charge < -0.3 is 10.1 Å². The Morgan fingerprint density at radius 1 is 1.17 bits per heavy atom. The first kappa shape index (κ1) is 16.6. The van der Waals surface area contributed by atoms with E-state index in [4.69, 9.17) is 16.3 Å². The standard InChI is InChI=1S/C20H20ClNO2/c1-2-24-20-9-4-3-8-19(20)22-17-11-15(12-18(23)13-17)14-6-5-7-16(21)10-14/h3-10,13,15,22H,2,11-12H2,1H3/t15-/m1/s1. The maximum Gasteiger partial charge on any atom is 0.158 e. The normalized spacial score (nSPS) is 17.3. The number of hydrogen-bond donors (Lipinski definition) is 1. The van der Waals surface area contributed by atoms with Crippen LogP contribution >= 0.6 is 11.6 Å². The van der Waals surface area contributed by atoms with Crippen molar-refractivity contribution in [2.45, 2.75) is 25.7 Å². The Morgan fingerprint density at radius 3 is 2.79 bits per heavy atom. The van der Waals surface area contributed by atoms with Crippen molar-refractivity contribution in [3.8, 4) is 5.75 Å². The van der Waals surface area contributed by atoms with Crippen molar-refractivity contribution in [3.05, 3.63) is 70.9 Å². The molecule has 1 aliphatic carbocycles. The predicted molar refractivity (Wildman–Crippen MR) is 97.8 cm³/mol. The van der Waals surface area contributed by atoms with Crippen molar-refractivity contribution < 1.29 is 9.53 Å². The van der Waals surface area contributed by atoms with E-state index in [1.807, 2.05) is 55.5 Å². The van der Waals surface area contributed by atoms with Gasteiger partial charge in [-0.15, -0.1) is 0 Å². The van der Waals surface area contributed by atoms with E-state index in [9.17, 15) is 4.79 Å². The molecule has 0 radical (unpaired) electrons. The Kier molecular flexibility index (Phi) is 5.21. The van der Waals surface area contributed by atoms with E-state index in [0.29, 0.717) is 18.1 Å². The quantitative estimate of drug-likeness (QED) is 0.814. The number of ether oxygens (including phenoxy) is 1. The van der Waals surface area contributed by atoms with Gasteiger partial charge in [0, 0.05) is 23.2 Å². The molecule has 0 saturated carbocycles. The van der Waals surface area contributed by atoms with E-state index in [-0.39, 0.29) is 11.7 Å². The van der Waals surface area contributed by atoms with Crippen molar-refractivity contribution in [2.75, 3.05) is 11.9 Å². The predicted octanol–water partition coefficient (Wildman–Crippen LogP) is 5.18. The summed E-state index contributed by atoms with van der Waals surface area (Å²) in [5, 5.41) is 4.06. The zero-order valence-corrected chi connectivity index (χ0v) is 14.3. The number of allylic oxidation sites excluding steroid dienone is 2. The topological polar surface area (TPSA) is 38.3 Å². The fourth-order valence-corrected chi connectivity index (χ4v) is 3.20. The molecule has 1 N–H and O–H groups in total. The molecule has 124 valence electrons. The summed E-state index contributed by atoms with van der Waals surface area (Å²) in [6.45, 7) is 2.55. The highest BCUT2D eigenvalue weighted by Gasteiger charge is 2.23. The second kappa shape index (κ2) is 7.54. The lowest BCUT2D eigenvalue weighted by atomic mass is 9.85. The van der Waals surface area contributed by atoms with Crippen LogP contribution in [-0.4, -0.2) is 12.4 Å². The molecule has 0 spiro atoms. The number of nitrogens with one attached hydrogen (secondary N) is 1. The van der Waals surface area contributed by atoms with Crippen molar-refractivity contribution in [1.29, 1.82) is 0 Å². The first-order chi connectivity index (χ1) is 11.7. The molecule has 0 amide bonds. The summed E-state index contributed by atoms with van der Waals surface area (Å²) in [6, 6.07) is 15.5. The highest BCUT2D eigenvalue weighted by Crippen LogP contribution is 2.34. The lowest BCUT2D eigenvalue weighted by Gasteiger charge is -2.24. The summed E-state index contributed by atoms with van der Waals surface area (Å²) in [5.74, 6) is 1.06. The minimum atomic E-state index is 0.127. The second-order valence-corrected chi connectivity index (χ2v) is 6.29. The SMILES string of the molecule is CCOc1ccccc1NC1=CC(=O)C[C@H](c2cccc(Cl)c2)C1. The molecule has 4 heteroatoms. The van der Waals surface area contributed by atoms with E-state index < -0.39 is 0 Å². The van der Waals surface area contributed by atoms with Gasteiger partial charge in [-0.25, -0.2) is 0 Å². The maximum absolute atomic E-state index is 12.2. The summed E-state index contributed by atoms with van der Waals surface area (Å²) in [7, 11) is 0. The van der Waals surface area contributed by atoms with Gasteiger partial charge in [-0.2, -0.15) is 0 Å². The maximum atomic E-state index is 12.2. The Bertz CT molecular complexity index is 770. The Balaban J connectivity index is 1.80. The number of carbonyl (C=O) groups is 1. The highest BCUT2D eigenvalue weighted by atomic mass is 35.5. The van der Waals surface area contributed by atoms with Gasteiger partial charge in [0.1, 0.15) is 5.75 Å². The van der Waals surface area contributed by atoms with Crippen LogP contribution in [0.4, 0.5) is 5.69 Å². The zero-order valence-electron chi connectivity index (χ0n) is 13.6. The molecule has 0 bridgehead atoms. The van der Waals surface area contributed by atoms with Crippen LogP contribution in [0.1, 0.15) is 31.2 Å². The van der Waals surface area contributed by atoms with Crippen LogP contribution in [0, 0.1) is 0 Å². The molecule has 0 saturated heterocycles. The average Bonchev–Trinajstić information content (AvgIpc) is 2.56. The Labute approximate surface area is 147 Å². The van der Waals surface area contributed by atoms with E-state index in [0.717, 1.165) is 29.1 Å². The van der Waals surface area contributed by atoms with Crippen LogP contribution in [0.5, 0.6) is 5.75 Å². The summed E-state index contributed by atoms with van der Waals surface area (Å²) in [4.78, 5) is 12.2.